The van der Waals surface area contributed by atoms with Crippen LogP contribution in [0.2, 0.25) is 5.02 Å². The van der Waals surface area contributed by atoms with Gasteiger partial charge in [0.05, 0.1) is 0 Å². The van der Waals surface area contributed by atoms with Crippen LogP contribution in [-0.4, -0.2) is 0 Å². The van der Waals surface area contributed by atoms with E-state index >= 15 is 0 Å². The molecule has 2 aromatic rings. The molecule has 2 aromatic carbocycles. The third kappa shape index (κ3) is 3.48. The third-order valence-corrected chi connectivity index (χ3v) is 3.66. The summed E-state index contributed by atoms with van der Waals surface area (Å²) in [5.74, 6) is -0.285. The smallest absolute Gasteiger partial charge is 0.129 e. The summed E-state index contributed by atoms with van der Waals surface area (Å²) < 4.78 is 14.7. The third-order valence-electron chi connectivity index (χ3n) is 2.97. The lowest BCUT2D eigenvalue weighted by atomic mass is 10.1. The van der Waals surface area contributed by atoms with Crippen molar-refractivity contribution < 1.29 is 4.39 Å². The van der Waals surface area contributed by atoms with Crippen LogP contribution in [0.3, 0.4) is 0 Å². The van der Waals surface area contributed by atoms with Gasteiger partial charge in [-0.25, -0.2) is 4.39 Å². The van der Waals surface area contributed by atoms with Gasteiger partial charge in [-0.3, -0.25) is 0 Å². The van der Waals surface area contributed by atoms with Crippen LogP contribution in [0, 0.1) is 19.7 Å². The molecule has 4 heteroatoms. The molecule has 19 heavy (non-hydrogen) atoms. The summed E-state index contributed by atoms with van der Waals surface area (Å²) in [7, 11) is 0. The molecule has 0 spiro atoms. The summed E-state index contributed by atoms with van der Waals surface area (Å²) in [6.45, 7) is 4.49. The van der Waals surface area contributed by atoms with Crippen molar-refractivity contribution in [1.29, 1.82) is 0 Å². The second-order valence-electron chi connectivity index (χ2n) is 4.50. The number of aryl methyl sites for hydroxylation is 2. The Balaban J connectivity index is 2.19. The van der Waals surface area contributed by atoms with Gasteiger partial charge >= 0.3 is 0 Å². The van der Waals surface area contributed by atoms with E-state index in [9.17, 15) is 4.39 Å². The quantitative estimate of drug-likeness (QED) is 0.780. The highest BCUT2D eigenvalue weighted by Crippen LogP contribution is 2.26. The number of hydrogen-bond acceptors (Lipinski definition) is 1. The van der Waals surface area contributed by atoms with E-state index in [1.54, 1.807) is 12.1 Å². The minimum Gasteiger partial charge on any atom is -0.380 e. The zero-order chi connectivity index (χ0) is 14.0. The summed E-state index contributed by atoms with van der Waals surface area (Å²) in [6, 6.07) is 8.80. The first-order valence-electron chi connectivity index (χ1n) is 5.92. The lowest BCUT2D eigenvalue weighted by molar-refractivity contribution is 0.613. The lowest BCUT2D eigenvalue weighted by Crippen LogP contribution is -2.04. The first-order chi connectivity index (χ1) is 8.97. The highest BCUT2D eigenvalue weighted by Gasteiger charge is 2.06. The minimum absolute atomic E-state index is 0.285. The lowest BCUT2D eigenvalue weighted by Gasteiger charge is -2.14. The molecule has 0 aliphatic carbocycles. The fourth-order valence-corrected chi connectivity index (χ4v) is 2.88. The number of rotatable bonds is 3. The van der Waals surface area contributed by atoms with Crippen LogP contribution < -0.4 is 5.32 Å². The van der Waals surface area contributed by atoms with Gasteiger partial charge in [0, 0.05) is 27.3 Å². The Morgan fingerprint density at radius 3 is 2.37 bits per heavy atom. The number of anilines is 1. The summed E-state index contributed by atoms with van der Waals surface area (Å²) in [5.41, 5.74) is 3.89. The molecule has 0 saturated heterocycles. The van der Waals surface area contributed by atoms with Crippen LogP contribution in [0.1, 0.15) is 16.7 Å². The van der Waals surface area contributed by atoms with Gasteiger partial charge in [-0.15, -0.1) is 0 Å². The van der Waals surface area contributed by atoms with E-state index in [1.807, 2.05) is 26.0 Å². The van der Waals surface area contributed by atoms with E-state index in [0.717, 1.165) is 21.3 Å². The average molecular weight is 343 g/mol. The second kappa shape index (κ2) is 5.93. The highest BCUT2D eigenvalue weighted by atomic mass is 79.9. The van der Waals surface area contributed by atoms with E-state index in [-0.39, 0.29) is 5.82 Å². The average Bonchev–Trinajstić information content (AvgIpc) is 2.30. The predicted molar refractivity (Wildman–Crippen MR) is 82.4 cm³/mol. The first-order valence-corrected chi connectivity index (χ1v) is 7.09. The van der Waals surface area contributed by atoms with Crippen molar-refractivity contribution >= 4 is 33.2 Å². The summed E-state index contributed by atoms with van der Waals surface area (Å²) in [4.78, 5) is 0. The Hall–Kier alpha value is -1.06. The summed E-state index contributed by atoms with van der Waals surface area (Å²) >= 11 is 9.20. The molecule has 0 heterocycles. The van der Waals surface area contributed by atoms with E-state index in [1.165, 1.54) is 6.07 Å². The number of nitrogens with one attached hydrogen (secondary N) is 1. The SMILES string of the molecule is Cc1cc(Br)cc(C)c1NCc1ccc(Cl)cc1F. The van der Waals surface area contributed by atoms with Crippen LogP contribution in [0.15, 0.2) is 34.8 Å². The molecule has 0 saturated carbocycles. The number of hydrogen-bond donors (Lipinski definition) is 1. The molecule has 0 unspecified atom stereocenters. The molecule has 0 bridgehead atoms. The van der Waals surface area contributed by atoms with Gasteiger partial charge in [-0.2, -0.15) is 0 Å². The topological polar surface area (TPSA) is 12.0 Å². The van der Waals surface area contributed by atoms with E-state index in [0.29, 0.717) is 17.1 Å². The van der Waals surface area contributed by atoms with Gasteiger partial charge < -0.3 is 5.32 Å². The molecular formula is C15H14BrClFN. The van der Waals surface area contributed by atoms with Gasteiger partial charge in [-0.1, -0.05) is 33.6 Å². The van der Waals surface area contributed by atoms with Crippen molar-refractivity contribution in [3.05, 3.63) is 62.3 Å². The summed E-state index contributed by atoms with van der Waals surface area (Å²) in [5, 5.41) is 3.70. The Morgan fingerprint density at radius 2 is 1.79 bits per heavy atom. The Labute approximate surface area is 125 Å². The largest absolute Gasteiger partial charge is 0.380 e. The minimum atomic E-state index is -0.285. The van der Waals surface area contributed by atoms with Crippen LogP contribution in [-0.2, 0) is 6.54 Å². The molecule has 0 aromatic heterocycles. The van der Waals surface area contributed by atoms with Gasteiger partial charge in [0.25, 0.3) is 0 Å². The van der Waals surface area contributed by atoms with Gasteiger partial charge in [0.1, 0.15) is 5.82 Å². The van der Waals surface area contributed by atoms with Crippen molar-refractivity contribution in [2.45, 2.75) is 20.4 Å². The van der Waals surface area contributed by atoms with Crippen LogP contribution >= 0.6 is 27.5 Å². The normalized spacial score (nSPS) is 10.6. The Morgan fingerprint density at radius 1 is 1.16 bits per heavy atom. The Kier molecular flexibility index (Phi) is 4.48. The van der Waals surface area contributed by atoms with E-state index in [2.05, 4.69) is 21.2 Å². The van der Waals surface area contributed by atoms with E-state index < -0.39 is 0 Å². The van der Waals surface area contributed by atoms with Crippen molar-refractivity contribution in [1.82, 2.24) is 0 Å². The Bertz CT molecular complexity index is 590. The molecule has 2 rings (SSSR count). The fraction of sp³-hybridized carbons (Fsp3) is 0.200. The molecule has 0 fully saturated rings. The molecule has 0 amide bonds. The zero-order valence-corrected chi connectivity index (χ0v) is 13.1. The van der Waals surface area contributed by atoms with Gasteiger partial charge in [0.15, 0.2) is 0 Å². The highest BCUT2D eigenvalue weighted by molar-refractivity contribution is 9.10. The molecule has 0 aliphatic heterocycles. The van der Waals surface area contributed by atoms with Gasteiger partial charge in [-0.05, 0) is 49.2 Å². The molecule has 0 aliphatic rings. The molecule has 1 nitrogen and oxygen atoms in total. The molecule has 1 N–H and O–H groups in total. The van der Waals surface area contributed by atoms with Crippen molar-refractivity contribution in [3.8, 4) is 0 Å². The van der Waals surface area contributed by atoms with Crippen molar-refractivity contribution in [2.24, 2.45) is 0 Å². The van der Waals surface area contributed by atoms with E-state index in [4.69, 9.17) is 11.6 Å². The predicted octanol–water partition coefficient (Wildman–Crippen LogP) is 5.47. The zero-order valence-electron chi connectivity index (χ0n) is 10.7. The first kappa shape index (κ1) is 14.4. The maximum Gasteiger partial charge on any atom is 0.129 e. The van der Waals surface area contributed by atoms with Gasteiger partial charge in [0.2, 0.25) is 0 Å². The molecule has 0 atom stereocenters. The van der Waals surface area contributed by atoms with Crippen LogP contribution in [0.25, 0.3) is 0 Å². The summed E-state index contributed by atoms with van der Waals surface area (Å²) in [6.07, 6.45) is 0. The fourth-order valence-electron chi connectivity index (χ4n) is 2.04. The maximum absolute atomic E-state index is 13.7. The van der Waals surface area contributed by atoms with Crippen molar-refractivity contribution in [3.63, 3.8) is 0 Å². The maximum atomic E-state index is 13.7. The second-order valence-corrected chi connectivity index (χ2v) is 5.86. The molecule has 100 valence electrons. The van der Waals surface area contributed by atoms with Crippen LogP contribution in [0.4, 0.5) is 10.1 Å². The monoisotopic (exact) mass is 341 g/mol. The molecule has 0 radical (unpaired) electrons. The molecular weight excluding hydrogens is 329 g/mol. The van der Waals surface area contributed by atoms with Crippen LogP contribution in [0.5, 0.6) is 0 Å². The number of benzene rings is 2. The van der Waals surface area contributed by atoms with Crippen molar-refractivity contribution in [2.75, 3.05) is 5.32 Å². The number of halogens is 3. The standard InChI is InChI=1S/C15H14BrClFN/c1-9-5-12(16)6-10(2)15(9)19-8-11-3-4-13(17)7-14(11)18/h3-7,19H,8H2,1-2H3.